The molecule has 0 radical (unpaired) electrons. The molecule has 0 spiro atoms. The van der Waals surface area contributed by atoms with E-state index in [9.17, 15) is 9.18 Å². The van der Waals surface area contributed by atoms with Gasteiger partial charge in [0.25, 0.3) is 5.91 Å². The fraction of sp³-hybridized carbons (Fsp3) is 0.438. The van der Waals surface area contributed by atoms with Gasteiger partial charge in [0.15, 0.2) is 0 Å². The van der Waals surface area contributed by atoms with Crippen LogP contribution in [0.15, 0.2) is 18.2 Å². The molecule has 0 saturated heterocycles. The first-order valence-electron chi connectivity index (χ1n) is 6.88. The Morgan fingerprint density at radius 2 is 2.33 bits per heavy atom. The summed E-state index contributed by atoms with van der Waals surface area (Å²) in [6.45, 7) is -0.281. The highest BCUT2D eigenvalue weighted by Crippen LogP contribution is 2.22. The van der Waals surface area contributed by atoms with Crippen LogP contribution in [0.4, 0.5) is 4.39 Å². The van der Waals surface area contributed by atoms with Gasteiger partial charge < -0.3 is 15.2 Å². The van der Waals surface area contributed by atoms with Gasteiger partial charge in [-0.3, -0.25) is 4.79 Å². The van der Waals surface area contributed by atoms with Gasteiger partial charge in [-0.15, -0.1) is 0 Å². The zero-order valence-corrected chi connectivity index (χ0v) is 11.9. The summed E-state index contributed by atoms with van der Waals surface area (Å²) in [4.78, 5) is 12.2. The maximum Gasteiger partial charge on any atom is 0.254 e. The van der Waals surface area contributed by atoms with E-state index in [2.05, 4.69) is 17.2 Å². The molecular formula is C16H18FNO3. The molecule has 1 amide bonds. The van der Waals surface area contributed by atoms with Crippen molar-refractivity contribution in [2.24, 2.45) is 0 Å². The molecule has 0 aromatic heterocycles. The number of benzene rings is 1. The van der Waals surface area contributed by atoms with Gasteiger partial charge in [-0.25, -0.2) is 4.39 Å². The minimum atomic E-state index is -0.589. The molecule has 112 valence electrons. The molecule has 1 aromatic rings. The lowest BCUT2D eigenvalue weighted by Gasteiger charge is -2.19. The van der Waals surface area contributed by atoms with Crippen LogP contribution in [0.25, 0.3) is 0 Å². The molecule has 1 saturated carbocycles. The van der Waals surface area contributed by atoms with E-state index >= 15 is 0 Å². The average molecular weight is 291 g/mol. The zero-order valence-electron chi connectivity index (χ0n) is 11.9. The molecule has 1 aliphatic carbocycles. The molecule has 5 heteroatoms. The number of halogens is 1. The van der Waals surface area contributed by atoms with Crippen molar-refractivity contribution in [2.75, 3.05) is 13.7 Å². The number of hydrogen-bond donors (Lipinski definition) is 2. The van der Waals surface area contributed by atoms with E-state index < -0.39 is 11.7 Å². The van der Waals surface area contributed by atoms with Crippen LogP contribution in [0.3, 0.4) is 0 Å². The Hall–Kier alpha value is -1.90. The largest absolute Gasteiger partial charge is 0.384 e. The first-order valence-corrected chi connectivity index (χ1v) is 6.88. The number of hydrogen-bond acceptors (Lipinski definition) is 3. The van der Waals surface area contributed by atoms with Gasteiger partial charge >= 0.3 is 0 Å². The molecule has 2 N–H and O–H groups in total. The van der Waals surface area contributed by atoms with E-state index in [4.69, 9.17) is 9.84 Å². The minimum absolute atomic E-state index is 0.0191. The lowest BCUT2D eigenvalue weighted by Crippen LogP contribution is -2.41. The Morgan fingerprint density at radius 1 is 1.52 bits per heavy atom. The highest BCUT2D eigenvalue weighted by molar-refractivity contribution is 5.95. The van der Waals surface area contributed by atoms with Crippen LogP contribution in [0.2, 0.25) is 0 Å². The Balaban J connectivity index is 2.14. The fourth-order valence-electron chi connectivity index (χ4n) is 2.54. The van der Waals surface area contributed by atoms with E-state index in [1.54, 1.807) is 7.11 Å². The van der Waals surface area contributed by atoms with E-state index in [-0.39, 0.29) is 24.3 Å². The van der Waals surface area contributed by atoms with Crippen LogP contribution >= 0.6 is 0 Å². The molecular weight excluding hydrogens is 273 g/mol. The quantitative estimate of drug-likeness (QED) is 0.829. The van der Waals surface area contributed by atoms with Crippen molar-refractivity contribution in [2.45, 2.75) is 31.4 Å². The van der Waals surface area contributed by atoms with Crippen molar-refractivity contribution >= 4 is 5.91 Å². The van der Waals surface area contributed by atoms with Crippen molar-refractivity contribution in [3.63, 3.8) is 0 Å². The number of nitrogens with one attached hydrogen (secondary N) is 1. The second-order valence-electron chi connectivity index (χ2n) is 4.94. The van der Waals surface area contributed by atoms with Crippen LogP contribution in [0, 0.1) is 17.7 Å². The SMILES string of the molecule is COC1CCCC1NC(=O)c1cc(C#CCO)ccc1F. The van der Waals surface area contributed by atoms with Gasteiger partial charge in [0, 0.05) is 12.7 Å². The third-order valence-electron chi connectivity index (χ3n) is 3.59. The van der Waals surface area contributed by atoms with Crippen molar-refractivity contribution in [1.29, 1.82) is 0 Å². The first-order chi connectivity index (χ1) is 10.2. The highest BCUT2D eigenvalue weighted by Gasteiger charge is 2.29. The number of rotatable bonds is 3. The number of carbonyl (C=O) groups is 1. The van der Waals surface area contributed by atoms with E-state index in [0.29, 0.717) is 5.56 Å². The summed E-state index contributed by atoms with van der Waals surface area (Å²) in [6.07, 6.45) is 2.69. The summed E-state index contributed by atoms with van der Waals surface area (Å²) in [5.74, 6) is 4.08. The molecule has 1 aromatic carbocycles. The minimum Gasteiger partial charge on any atom is -0.384 e. The summed E-state index contributed by atoms with van der Waals surface area (Å²) >= 11 is 0. The number of aliphatic hydroxyl groups excluding tert-OH is 1. The van der Waals surface area contributed by atoms with Crippen LogP contribution in [-0.4, -0.2) is 36.9 Å². The molecule has 0 aliphatic heterocycles. The van der Waals surface area contributed by atoms with Gasteiger partial charge in [-0.2, -0.15) is 0 Å². The summed E-state index contributed by atoms with van der Waals surface area (Å²) in [6, 6.07) is 3.99. The third kappa shape index (κ3) is 3.81. The van der Waals surface area contributed by atoms with Crippen molar-refractivity contribution < 1.29 is 19.0 Å². The molecule has 2 unspecified atom stereocenters. The van der Waals surface area contributed by atoms with Gasteiger partial charge in [0.1, 0.15) is 12.4 Å². The number of methoxy groups -OCH3 is 1. The topological polar surface area (TPSA) is 58.6 Å². The Kier molecular flexibility index (Phi) is 5.32. The van der Waals surface area contributed by atoms with Crippen LogP contribution < -0.4 is 5.32 Å². The highest BCUT2D eigenvalue weighted by atomic mass is 19.1. The molecule has 1 fully saturated rings. The smallest absolute Gasteiger partial charge is 0.254 e. The van der Waals surface area contributed by atoms with Crippen molar-refractivity contribution in [3.8, 4) is 11.8 Å². The third-order valence-corrected chi connectivity index (χ3v) is 3.59. The average Bonchev–Trinajstić information content (AvgIpc) is 2.93. The molecule has 2 rings (SSSR count). The van der Waals surface area contributed by atoms with Crippen LogP contribution in [0.5, 0.6) is 0 Å². The first kappa shape index (κ1) is 15.5. The molecule has 0 heterocycles. The standard InChI is InChI=1S/C16H18FNO3/c1-21-15-6-2-5-14(15)18-16(20)12-10-11(4-3-9-19)7-8-13(12)17/h7-8,10,14-15,19H,2,5-6,9H2,1H3,(H,18,20). The maximum atomic E-state index is 13.8. The molecule has 2 atom stereocenters. The van der Waals surface area contributed by atoms with E-state index in [1.165, 1.54) is 18.2 Å². The summed E-state index contributed by atoms with van der Waals surface area (Å²) in [7, 11) is 1.61. The molecule has 4 nitrogen and oxygen atoms in total. The second-order valence-corrected chi connectivity index (χ2v) is 4.94. The predicted octanol–water partition coefficient (Wildman–Crippen LogP) is 1.47. The predicted molar refractivity (Wildman–Crippen MR) is 76.3 cm³/mol. The van der Waals surface area contributed by atoms with Gasteiger partial charge in [0.05, 0.1) is 17.7 Å². The number of amides is 1. The maximum absolute atomic E-state index is 13.8. The Morgan fingerprint density at radius 3 is 3.05 bits per heavy atom. The monoisotopic (exact) mass is 291 g/mol. The molecule has 21 heavy (non-hydrogen) atoms. The van der Waals surface area contributed by atoms with Gasteiger partial charge in [-0.1, -0.05) is 11.8 Å². The summed E-state index contributed by atoms with van der Waals surface area (Å²) in [5, 5.41) is 11.5. The lowest BCUT2D eigenvalue weighted by molar-refractivity contribution is 0.0720. The van der Waals surface area contributed by atoms with Crippen LogP contribution in [-0.2, 0) is 4.74 Å². The number of aliphatic hydroxyl groups is 1. The van der Waals surface area contributed by atoms with Crippen molar-refractivity contribution in [1.82, 2.24) is 5.32 Å². The van der Waals surface area contributed by atoms with E-state index in [1.807, 2.05) is 0 Å². The lowest BCUT2D eigenvalue weighted by atomic mass is 10.1. The molecule has 0 bridgehead atoms. The zero-order chi connectivity index (χ0) is 15.2. The van der Waals surface area contributed by atoms with Gasteiger partial charge in [0.2, 0.25) is 0 Å². The van der Waals surface area contributed by atoms with Gasteiger partial charge in [-0.05, 0) is 37.5 Å². The summed E-state index contributed by atoms with van der Waals surface area (Å²) < 4.78 is 19.1. The summed E-state index contributed by atoms with van der Waals surface area (Å²) in [5.41, 5.74) is 0.451. The van der Waals surface area contributed by atoms with E-state index in [0.717, 1.165) is 19.3 Å². The number of carbonyl (C=O) groups excluding carboxylic acids is 1. The fourth-order valence-corrected chi connectivity index (χ4v) is 2.54. The van der Waals surface area contributed by atoms with Crippen molar-refractivity contribution in [3.05, 3.63) is 35.1 Å². The number of ether oxygens (including phenoxy) is 1. The second kappa shape index (κ2) is 7.21. The molecule has 1 aliphatic rings. The normalized spacial score (nSPS) is 20.7. The Labute approximate surface area is 123 Å². The van der Waals surface area contributed by atoms with Crippen LogP contribution in [0.1, 0.15) is 35.2 Å². The Bertz CT molecular complexity index is 577.